The van der Waals surface area contributed by atoms with Gasteiger partial charge in [0.2, 0.25) is 5.91 Å². The highest BCUT2D eigenvalue weighted by molar-refractivity contribution is 5.81. The van der Waals surface area contributed by atoms with Crippen LogP contribution in [-0.4, -0.2) is 81.1 Å². The summed E-state index contributed by atoms with van der Waals surface area (Å²) in [5, 5.41) is 19.2. The number of aromatic amines is 1. The molecular formula is C17H32N8O4. The van der Waals surface area contributed by atoms with Crippen LogP contribution >= 0.6 is 0 Å². The van der Waals surface area contributed by atoms with Gasteiger partial charge in [0.25, 0.3) is 0 Å². The highest BCUT2D eigenvalue weighted by atomic mass is 16.5. The number of amides is 1. The number of fused-ring (bicyclic) bond motifs is 1. The van der Waals surface area contributed by atoms with Crippen LogP contribution in [0.4, 0.5) is 5.82 Å². The van der Waals surface area contributed by atoms with E-state index in [1.54, 1.807) is 0 Å². The smallest absolute Gasteiger partial charge is 0.237 e. The van der Waals surface area contributed by atoms with E-state index in [2.05, 4.69) is 25.3 Å². The summed E-state index contributed by atoms with van der Waals surface area (Å²) >= 11 is 0. The molecule has 1 amide bonds. The zero-order chi connectivity index (χ0) is 21.6. The Hall–Kier alpha value is -2.38. The van der Waals surface area contributed by atoms with Gasteiger partial charge in [-0.15, -0.1) is 0 Å². The van der Waals surface area contributed by atoms with Crippen molar-refractivity contribution in [2.24, 2.45) is 11.5 Å². The van der Waals surface area contributed by atoms with E-state index in [1.807, 2.05) is 0 Å². The monoisotopic (exact) mass is 412 g/mol. The van der Waals surface area contributed by atoms with Gasteiger partial charge in [0.15, 0.2) is 11.5 Å². The molecule has 1 aliphatic rings. The Morgan fingerprint density at radius 2 is 2.10 bits per heavy atom. The first-order chi connectivity index (χ1) is 14.0. The first kappa shape index (κ1) is 24.7. The number of H-pyrrole nitrogens is 1. The first-order valence-electron chi connectivity index (χ1n) is 9.37. The van der Waals surface area contributed by atoms with E-state index in [9.17, 15) is 9.90 Å². The molecule has 0 saturated carbocycles. The van der Waals surface area contributed by atoms with Gasteiger partial charge in [-0.3, -0.25) is 4.79 Å². The Labute approximate surface area is 169 Å². The lowest BCUT2D eigenvalue weighted by atomic mass is 10.1. The van der Waals surface area contributed by atoms with Crippen LogP contribution in [0, 0.1) is 0 Å². The van der Waals surface area contributed by atoms with Crippen molar-refractivity contribution in [3.05, 3.63) is 12.7 Å². The van der Waals surface area contributed by atoms with E-state index < -0.39 is 12.1 Å². The Morgan fingerprint density at radius 1 is 1.34 bits per heavy atom. The van der Waals surface area contributed by atoms with Crippen molar-refractivity contribution in [3.63, 3.8) is 0 Å². The lowest BCUT2D eigenvalue weighted by molar-refractivity contribution is -0.125. The van der Waals surface area contributed by atoms with Crippen LogP contribution in [0.25, 0.3) is 11.2 Å². The molecule has 10 N–H and O–H groups in total. The summed E-state index contributed by atoms with van der Waals surface area (Å²) in [6.07, 6.45) is 5.33. The van der Waals surface area contributed by atoms with Gasteiger partial charge in [0, 0.05) is 7.11 Å². The van der Waals surface area contributed by atoms with Crippen molar-refractivity contribution >= 4 is 22.9 Å². The predicted octanol–water partition coefficient (Wildman–Crippen LogP) is -1.75. The summed E-state index contributed by atoms with van der Waals surface area (Å²) in [5.41, 5.74) is 17.9. The van der Waals surface area contributed by atoms with E-state index in [0.29, 0.717) is 49.6 Å². The number of unbranched alkanes of at least 4 members (excludes halogenated alkanes) is 1. The lowest BCUT2D eigenvalue weighted by Gasteiger charge is -2.27. The van der Waals surface area contributed by atoms with Crippen molar-refractivity contribution in [3.8, 4) is 0 Å². The number of aliphatic hydroxyl groups excluding tert-OH is 2. The number of nitrogen functional groups attached to an aromatic ring is 1. The van der Waals surface area contributed by atoms with Crippen molar-refractivity contribution in [2.45, 2.75) is 43.9 Å². The number of nitrogens with zero attached hydrogens (tertiary/aromatic N) is 3. The lowest BCUT2D eigenvalue weighted by Crippen LogP contribution is -2.50. The maximum absolute atomic E-state index is 11.7. The molecule has 0 aliphatic carbocycles. The molecule has 0 radical (unpaired) electrons. The fraction of sp³-hybridized carbons (Fsp3) is 0.647. The van der Waals surface area contributed by atoms with Crippen molar-refractivity contribution in [1.82, 2.24) is 25.3 Å². The summed E-state index contributed by atoms with van der Waals surface area (Å²) in [7, 11) is 1.00. The van der Waals surface area contributed by atoms with Crippen molar-refractivity contribution < 1.29 is 19.7 Å². The summed E-state index contributed by atoms with van der Waals surface area (Å²) in [6.45, 7) is 1.41. The topological polar surface area (TPSA) is 211 Å². The van der Waals surface area contributed by atoms with E-state index in [1.165, 1.54) is 12.7 Å². The molecule has 3 atom stereocenters. The zero-order valence-electron chi connectivity index (χ0n) is 16.6. The first-order valence-corrected chi connectivity index (χ1v) is 9.37. The largest absolute Gasteiger partial charge is 0.400 e. The molecule has 0 bridgehead atoms. The molecule has 0 aromatic carbocycles. The predicted molar refractivity (Wildman–Crippen MR) is 108 cm³/mol. The molecule has 164 valence electrons. The van der Waals surface area contributed by atoms with E-state index in [-0.39, 0.29) is 11.9 Å². The van der Waals surface area contributed by atoms with Crippen LogP contribution in [0.1, 0.15) is 25.7 Å². The molecule has 3 unspecified atom stereocenters. The number of carbonyl (C=O) groups is 1. The molecule has 12 nitrogen and oxygen atoms in total. The zero-order valence-corrected chi connectivity index (χ0v) is 16.6. The van der Waals surface area contributed by atoms with Gasteiger partial charge in [-0.1, -0.05) is 6.42 Å². The van der Waals surface area contributed by atoms with Gasteiger partial charge in [0.1, 0.15) is 11.8 Å². The van der Waals surface area contributed by atoms with Gasteiger partial charge in [-0.2, -0.15) is 0 Å². The third-order valence-corrected chi connectivity index (χ3v) is 4.09. The second-order valence-electron chi connectivity index (χ2n) is 6.38. The van der Waals surface area contributed by atoms with Gasteiger partial charge in [-0.25, -0.2) is 15.0 Å². The maximum atomic E-state index is 11.7. The van der Waals surface area contributed by atoms with E-state index in [4.69, 9.17) is 27.0 Å². The molecule has 2 aromatic rings. The van der Waals surface area contributed by atoms with Gasteiger partial charge in [-0.05, 0) is 25.8 Å². The van der Waals surface area contributed by atoms with Crippen LogP contribution in [0.2, 0.25) is 0 Å². The van der Waals surface area contributed by atoms with Crippen LogP contribution < -0.4 is 22.5 Å². The molecule has 12 heteroatoms. The highest BCUT2D eigenvalue weighted by Gasteiger charge is 2.24. The molecule has 3 heterocycles. The van der Waals surface area contributed by atoms with Crippen molar-refractivity contribution in [2.75, 3.05) is 32.6 Å². The van der Waals surface area contributed by atoms with Crippen LogP contribution in [0.3, 0.4) is 0 Å². The molecule has 1 aliphatic heterocycles. The van der Waals surface area contributed by atoms with Gasteiger partial charge >= 0.3 is 0 Å². The van der Waals surface area contributed by atoms with E-state index >= 15 is 0 Å². The molecule has 0 spiro atoms. The third kappa shape index (κ3) is 8.66. The number of imidazole rings is 1. The Balaban J connectivity index is 0.000000295. The summed E-state index contributed by atoms with van der Waals surface area (Å²) in [4.78, 5) is 26.1. The number of nitrogens with one attached hydrogen (secondary N) is 2. The Kier molecular flexibility index (Phi) is 11.7. The third-order valence-electron chi connectivity index (χ3n) is 4.09. The minimum absolute atomic E-state index is 0.133. The number of rotatable bonds is 6. The van der Waals surface area contributed by atoms with Crippen LogP contribution in [0.15, 0.2) is 12.7 Å². The molecule has 29 heavy (non-hydrogen) atoms. The Morgan fingerprint density at radius 3 is 2.76 bits per heavy atom. The number of aliphatic hydroxyl groups is 2. The number of nitrogens with two attached hydrogens (primary N) is 3. The molecule has 2 aromatic heterocycles. The second-order valence-corrected chi connectivity index (χ2v) is 6.38. The summed E-state index contributed by atoms with van der Waals surface area (Å²) < 4.78 is 5.15. The fourth-order valence-electron chi connectivity index (χ4n) is 2.64. The van der Waals surface area contributed by atoms with Crippen LogP contribution in [-0.2, 0) is 9.53 Å². The molecule has 3 rings (SSSR count). The number of anilines is 1. The van der Waals surface area contributed by atoms with Crippen molar-refractivity contribution in [1.29, 1.82) is 0 Å². The number of hydrogen-bond acceptors (Lipinski definition) is 10. The average molecular weight is 412 g/mol. The standard InChI is InChI=1S/C11H23N3O3.C5H5N5.CH4O/c12-4-2-1-3-10(13)11(16)14-8-5-9(15)7-17-6-8;6-4-3-5(9-1-7-3)10-2-8-4;1-2/h8-10,15H,1-7,12-13H2,(H,14,16);1-2H,(H3,6,7,8,9,10);2H,1H3. The molecule has 1 fully saturated rings. The van der Waals surface area contributed by atoms with Gasteiger partial charge < -0.3 is 42.5 Å². The normalized spacial score (nSPS) is 19.3. The Bertz CT molecular complexity index is 714. The maximum Gasteiger partial charge on any atom is 0.237 e. The number of carbonyl (C=O) groups excluding carboxylic acids is 1. The summed E-state index contributed by atoms with van der Waals surface area (Å²) in [6, 6.07) is -0.632. The van der Waals surface area contributed by atoms with E-state index in [0.717, 1.165) is 20.0 Å². The number of ether oxygens (including phenoxy) is 1. The minimum atomic E-state index is -0.499. The van der Waals surface area contributed by atoms with Gasteiger partial charge in [0.05, 0.1) is 37.7 Å². The highest BCUT2D eigenvalue weighted by Crippen LogP contribution is 2.09. The minimum Gasteiger partial charge on any atom is -0.400 e. The second kappa shape index (κ2) is 13.7. The number of aromatic nitrogens is 4. The summed E-state index contributed by atoms with van der Waals surface area (Å²) in [5.74, 6) is 0.257. The number of hydrogen-bond donors (Lipinski definition) is 7. The molecule has 1 saturated heterocycles. The average Bonchev–Trinajstić information content (AvgIpc) is 3.20. The quantitative estimate of drug-likeness (QED) is 0.266. The fourth-order valence-corrected chi connectivity index (χ4v) is 2.64. The molecular weight excluding hydrogens is 380 g/mol. The van der Waals surface area contributed by atoms with Crippen LogP contribution in [0.5, 0.6) is 0 Å². The SMILES string of the molecule is CO.NCCCCC(N)C(=O)NC1COCC(O)C1.Nc1ncnc2nc[nH]c12.